The van der Waals surface area contributed by atoms with Crippen molar-refractivity contribution in [3.8, 4) is 0 Å². The highest BCUT2D eigenvalue weighted by Crippen LogP contribution is 2.39. The van der Waals surface area contributed by atoms with Gasteiger partial charge in [0.1, 0.15) is 12.2 Å². The van der Waals surface area contributed by atoms with Crippen molar-refractivity contribution in [1.82, 2.24) is 0 Å². The quantitative estimate of drug-likeness (QED) is 0.628. The molecule has 7 heteroatoms. The first-order chi connectivity index (χ1) is 9.84. The van der Waals surface area contributed by atoms with E-state index in [1.165, 1.54) is 0 Å². The highest BCUT2D eigenvalue weighted by molar-refractivity contribution is 6.74. The van der Waals surface area contributed by atoms with Gasteiger partial charge in [0, 0.05) is 0 Å². The van der Waals surface area contributed by atoms with Gasteiger partial charge in [-0.05, 0) is 32.0 Å². The smallest absolute Gasteiger partial charge is 0.338 e. The molecule has 0 aromatic rings. The second-order valence-corrected chi connectivity index (χ2v) is 12.9. The van der Waals surface area contributed by atoms with Crippen LogP contribution in [0.5, 0.6) is 0 Å². The zero-order valence-corrected chi connectivity index (χ0v) is 15.5. The Bertz CT molecular complexity index is 442. The summed E-state index contributed by atoms with van der Waals surface area (Å²) in [6.07, 6.45) is -3.08. The molecule has 0 saturated carbocycles. The number of carbonyl (C=O) groups is 1. The van der Waals surface area contributed by atoms with E-state index in [1.807, 2.05) is 0 Å². The lowest BCUT2D eigenvalue weighted by molar-refractivity contribution is -0.189. The largest absolute Gasteiger partial charge is 0.455 e. The molecule has 22 heavy (non-hydrogen) atoms. The molecule has 1 N–H and O–H groups in total. The lowest BCUT2D eigenvalue weighted by atomic mass is 10.0. The summed E-state index contributed by atoms with van der Waals surface area (Å²) in [6.45, 7) is 14.5. The lowest BCUT2D eigenvalue weighted by Gasteiger charge is -2.39. The fraction of sp³-hybridized carbons (Fsp3) is 0.933. The third kappa shape index (κ3) is 3.38. The van der Waals surface area contributed by atoms with E-state index >= 15 is 0 Å². The molecule has 0 aromatic heterocycles. The molecule has 0 radical (unpaired) electrons. The monoisotopic (exact) mass is 332 g/mol. The van der Waals surface area contributed by atoms with E-state index in [0.29, 0.717) is 0 Å². The van der Waals surface area contributed by atoms with Crippen LogP contribution in [0.15, 0.2) is 0 Å². The molecule has 0 amide bonds. The fourth-order valence-electron chi connectivity index (χ4n) is 2.40. The van der Waals surface area contributed by atoms with Crippen molar-refractivity contribution in [2.45, 2.75) is 83.0 Å². The zero-order valence-electron chi connectivity index (χ0n) is 14.5. The van der Waals surface area contributed by atoms with E-state index < -0.39 is 44.5 Å². The molecular formula is C15H28O6Si. The van der Waals surface area contributed by atoms with Crippen molar-refractivity contribution in [3.05, 3.63) is 0 Å². The third-order valence-electron chi connectivity index (χ3n) is 4.76. The van der Waals surface area contributed by atoms with Gasteiger partial charge in [-0.3, -0.25) is 0 Å². The van der Waals surface area contributed by atoms with Crippen molar-refractivity contribution < 1.29 is 28.5 Å². The minimum atomic E-state index is -1.96. The van der Waals surface area contributed by atoms with Gasteiger partial charge in [0.05, 0.1) is 6.61 Å². The summed E-state index contributed by atoms with van der Waals surface area (Å²) in [7, 11) is -1.96. The van der Waals surface area contributed by atoms with Crippen LogP contribution in [0.25, 0.3) is 0 Å². The number of ether oxygens (including phenoxy) is 3. The van der Waals surface area contributed by atoms with Crippen molar-refractivity contribution in [1.29, 1.82) is 0 Å². The Morgan fingerprint density at radius 2 is 1.77 bits per heavy atom. The van der Waals surface area contributed by atoms with E-state index in [2.05, 4.69) is 33.9 Å². The average molecular weight is 332 g/mol. The van der Waals surface area contributed by atoms with E-state index in [-0.39, 0.29) is 11.6 Å². The predicted octanol–water partition coefficient (Wildman–Crippen LogP) is 1.81. The van der Waals surface area contributed by atoms with Crippen LogP contribution in [-0.4, -0.2) is 56.2 Å². The Kier molecular flexibility index (Phi) is 4.52. The van der Waals surface area contributed by atoms with Gasteiger partial charge in [-0.1, -0.05) is 20.8 Å². The predicted molar refractivity (Wildman–Crippen MR) is 82.9 cm³/mol. The third-order valence-corrected chi connectivity index (χ3v) is 9.27. The summed E-state index contributed by atoms with van der Waals surface area (Å²) < 4.78 is 22.9. The minimum absolute atomic E-state index is 0.0664. The molecule has 2 rings (SSSR count). The molecule has 2 saturated heterocycles. The number of cyclic esters (lactones) is 1. The van der Waals surface area contributed by atoms with Crippen LogP contribution in [0.2, 0.25) is 18.1 Å². The van der Waals surface area contributed by atoms with Crippen LogP contribution in [0.4, 0.5) is 0 Å². The van der Waals surface area contributed by atoms with Crippen molar-refractivity contribution >= 4 is 14.3 Å². The number of hydrogen-bond acceptors (Lipinski definition) is 6. The Morgan fingerprint density at radius 1 is 1.23 bits per heavy atom. The average Bonchev–Trinajstić information content (AvgIpc) is 2.67. The molecule has 2 fully saturated rings. The zero-order chi connectivity index (χ0) is 16.9. The van der Waals surface area contributed by atoms with Gasteiger partial charge < -0.3 is 23.7 Å². The van der Waals surface area contributed by atoms with E-state index in [9.17, 15) is 9.90 Å². The highest BCUT2D eigenvalue weighted by atomic mass is 28.4. The Morgan fingerprint density at radius 3 is 2.32 bits per heavy atom. The van der Waals surface area contributed by atoms with Crippen LogP contribution in [0.1, 0.15) is 34.6 Å². The summed E-state index contributed by atoms with van der Waals surface area (Å²) in [5.41, 5.74) is 0. The molecule has 0 aliphatic carbocycles. The maximum absolute atomic E-state index is 11.8. The molecule has 4 atom stereocenters. The van der Waals surface area contributed by atoms with Crippen LogP contribution in [0, 0.1) is 0 Å². The molecule has 6 nitrogen and oxygen atoms in total. The fourth-order valence-corrected chi connectivity index (χ4v) is 3.42. The van der Waals surface area contributed by atoms with E-state index in [4.69, 9.17) is 18.6 Å². The van der Waals surface area contributed by atoms with Crippen molar-refractivity contribution in [2.75, 3.05) is 6.61 Å². The minimum Gasteiger partial charge on any atom is -0.455 e. The maximum atomic E-state index is 11.8. The number of esters is 1. The molecule has 2 aliphatic rings. The van der Waals surface area contributed by atoms with Gasteiger partial charge in [0.25, 0.3) is 0 Å². The van der Waals surface area contributed by atoms with Gasteiger partial charge in [-0.2, -0.15) is 0 Å². The molecule has 2 aliphatic heterocycles. The van der Waals surface area contributed by atoms with Gasteiger partial charge in [0.2, 0.25) is 0 Å². The SMILES string of the molecule is CC1(C)O[C@@H]2[C@H](O1)[C@@H](CO[Si](C)(C)C(C)(C)C)OC(=O)[C@H]2O. The van der Waals surface area contributed by atoms with Crippen molar-refractivity contribution in [3.63, 3.8) is 0 Å². The second kappa shape index (κ2) is 5.56. The second-order valence-electron chi connectivity index (χ2n) is 8.06. The first-order valence-electron chi connectivity index (χ1n) is 7.72. The summed E-state index contributed by atoms with van der Waals surface area (Å²) >= 11 is 0. The molecule has 0 aromatic carbocycles. The van der Waals surface area contributed by atoms with E-state index in [0.717, 1.165) is 0 Å². The highest BCUT2D eigenvalue weighted by Gasteiger charge is 2.55. The molecule has 0 spiro atoms. The van der Waals surface area contributed by atoms with Crippen LogP contribution in [0.3, 0.4) is 0 Å². The summed E-state index contributed by atoms with van der Waals surface area (Å²) in [4.78, 5) is 11.8. The Labute approximate surface area is 133 Å². The van der Waals surface area contributed by atoms with Gasteiger partial charge >= 0.3 is 5.97 Å². The first-order valence-corrected chi connectivity index (χ1v) is 10.6. The first kappa shape index (κ1) is 17.9. The van der Waals surface area contributed by atoms with Crippen molar-refractivity contribution in [2.24, 2.45) is 0 Å². The molecular weight excluding hydrogens is 304 g/mol. The van der Waals surface area contributed by atoms with E-state index in [1.54, 1.807) is 13.8 Å². The number of rotatable bonds is 3. The summed E-state index contributed by atoms with van der Waals surface area (Å²) in [5, 5.41) is 10.0. The Balaban J connectivity index is 2.09. The number of fused-ring (bicyclic) bond motifs is 1. The Hall–Kier alpha value is -0.473. The normalized spacial score (nSPS) is 35.2. The molecule has 0 unspecified atom stereocenters. The van der Waals surface area contributed by atoms with Crippen LogP contribution < -0.4 is 0 Å². The lowest BCUT2D eigenvalue weighted by Crippen LogP contribution is -2.56. The molecule has 0 bridgehead atoms. The maximum Gasteiger partial charge on any atom is 0.338 e. The van der Waals surface area contributed by atoms with Crippen LogP contribution in [-0.2, 0) is 23.4 Å². The standard InChI is InChI=1S/C15H28O6Si/c1-14(2,3)22(6,7)18-8-9-11-12(10(16)13(17)19-9)21-15(4,5)20-11/h9-12,16H,8H2,1-7H3/t9-,10+,11-,12+/m1/s1. The number of aliphatic hydroxyl groups excluding tert-OH is 1. The topological polar surface area (TPSA) is 74.2 Å². The number of aliphatic hydroxyl groups is 1. The summed E-state index contributed by atoms with van der Waals surface area (Å²) in [5.74, 6) is -1.52. The van der Waals surface area contributed by atoms with Crippen LogP contribution >= 0.6 is 0 Å². The van der Waals surface area contributed by atoms with Gasteiger partial charge in [-0.25, -0.2) is 4.79 Å². The number of hydrogen-bond donors (Lipinski definition) is 1. The van der Waals surface area contributed by atoms with Gasteiger partial charge in [0.15, 0.2) is 26.3 Å². The van der Waals surface area contributed by atoms with Gasteiger partial charge in [-0.15, -0.1) is 0 Å². The molecule has 128 valence electrons. The summed E-state index contributed by atoms with van der Waals surface area (Å²) in [6, 6.07) is 0. The number of carbonyl (C=O) groups excluding carboxylic acids is 1. The molecule has 2 heterocycles.